The molecule has 15 heavy (non-hydrogen) atoms. The molecular formula is C4H5F3NO6P. The molecule has 0 bridgehead atoms. The number of rotatable bonds is 4. The number of carbonyl (C=O) groups is 2. The van der Waals surface area contributed by atoms with Crippen LogP contribution in [0, 0.1) is 0 Å². The average molecular weight is 251 g/mol. The van der Waals surface area contributed by atoms with Crippen molar-refractivity contribution < 1.29 is 41.9 Å². The van der Waals surface area contributed by atoms with Gasteiger partial charge in [0.1, 0.15) is 6.16 Å². The summed E-state index contributed by atoms with van der Waals surface area (Å²) in [5.74, 6) is -4.37. The number of nitrogens with one attached hydrogen (secondary N) is 1. The van der Waals surface area contributed by atoms with Crippen molar-refractivity contribution in [1.82, 2.24) is 5.48 Å². The smallest absolute Gasteiger partial charge is 0.473 e. The summed E-state index contributed by atoms with van der Waals surface area (Å²) in [4.78, 5) is 28.5. The Labute approximate surface area is 80.3 Å². The van der Waals surface area contributed by atoms with Crippen molar-refractivity contribution in [2.45, 2.75) is 6.18 Å². The molecule has 0 saturated heterocycles. The van der Waals surface area contributed by atoms with Crippen molar-refractivity contribution in [2.75, 3.05) is 6.16 Å². The molecule has 0 aliphatic heterocycles. The van der Waals surface area contributed by atoms with Gasteiger partial charge in [0.25, 0.3) is 0 Å². The summed E-state index contributed by atoms with van der Waals surface area (Å²) in [6, 6.07) is 0. The second-order valence-corrected chi connectivity index (χ2v) is 3.98. The van der Waals surface area contributed by atoms with Crippen LogP contribution in [0.1, 0.15) is 0 Å². The zero-order chi connectivity index (χ0) is 12.3. The molecule has 0 rings (SSSR count). The van der Waals surface area contributed by atoms with E-state index in [-0.39, 0.29) is 0 Å². The minimum absolute atomic E-state index is 0.628. The van der Waals surface area contributed by atoms with Crippen LogP contribution in [0.4, 0.5) is 13.2 Å². The Morgan fingerprint density at radius 3 is 2.20 bits per heavy atom. The molecule has 0 heterocycles. The van der Waals surface area contributed by atoms with Crippen LogP contribution in [0.25, 0.3) is 0 Å². The monoisotopic (exact) mass is 251 g/mol. The van der Waals surface area contributed by atoms with Crippen LogP contribution in [0.2, 0.25) is 0 Å². The Balaban J connectivity index is 4.22. The summed E-state index contributed by atoms with van der Waals surface area (Å²) in [5.41, 5.74) is 0.628. The van der Waals surface area contributed by atoms with E-state index < -0.39 is 31.8 Å². The standard InChI is InChI=1S/C4H5F3NO6P/c5-4(6,7)3(11)8-14-15(12,13)1-2(9)10/h1H2,(H,8,11)(H,9,10)(H,12,13). The summed E-state index contributed by atoms with van der Waals surface area (Å²) in [6.45, 7) is 0. The van der Waals surface area contributed by atoms with Gasteiger partial charge in [0, 0.05) is 0 Å². The van der Waals surface area contributed by atoms with Crippen LogP contribution in [0.3, 0.4) is 0 Å². The van der Waals surface area contributed by atoms with Crippen molar-refractivity contribution >= 4 is 19.5 Å². The Morgan fingerprint density at radius 1 is 1.40 bits per heavy atom. The SMILES string of the molecule is O=C(O)CP(=O)(O)ONC(=O)C(F)(F)F. The topological polar surface area (TPSA) is 113 Å². The van der Waals surface area contributed by atoms with Gasteiger partial charge in [-0.15, -0.1) is 0 Å². The first kappa shape index (κ1) is 13.9. The van der Waals surface area contributed by atoms with Crippen molar-refractivity contribution in [3.8, 4) is 0 Å². The Bertz CT molecular complexity index is 314. The molecular weight excluding hydrogens is 246 g/mol. The summed E-state index contributed by atoms with van der Waals surface area (Å²) in [6.07, 6.45) is -6.71. The molecule has 0 aliphatic carbocycles. The van der Waals surface area contributed by atoms with E-state index in [1.165, 1.54) is 0 Å². The van der Waals surface area contributed by atoms with Gasteiger partial charge >= 0.3 is 25.6 Å². The molecule has 88 valence electrons. The van der Waals surface area contributed by atoms with E-state index in [4.69, 9.17) is 10.00 Å². The lowest BCUT2D eigenvalue weighted by Crippen LogP contribution is -2.36. The molecule has 0 spiro atoms. The second kappa shape index (κ2) is 4.60. The highest BCUT2D eigenvalue weighted by atomic mass is 31.2. The lowest BCUT2D eigenvalue weighted by molar-refractivity contribution is -0.181. The first-order valence-corrected chi connectivity index (χ1v) is 4.90. The molecule has 0 saturated carbocycles. The highest BCUT2D eigenvalue weighted by Gasteiger charge is 2.40. The van der Waals surface area contributed by atoms with Crippen LogP contribution < -0.4 is 5.48 Å². The maximum Gasteiger partial charge on any atom is 0.473 e. The predicted molar refractivity (Wildman–Crippen MR) is 37.6 cm³/mol. The number of halogens is 3. The zero-order valence-electron chi connectivity index (χ0n) is 6.82. The van der Waals surface area contributed by atoms with Gasteiger partial charge in [0.2, 0.25) is 0 Å². The molecule has 0 aromatic carbocycles. The summed E-state index contributed by atoms with van der Waals surface area (Å²) in [5, 5.41) is 8.03. The van der Waals surface area contributed by atoms with Gasteiger partial charge < -0.3 is 10.00 Å². The molecule has 11 heteroatoms. The molecule has 3 N–H and O–H groups in total. The van der Waals surface area contributed by atoms with Crippen LogP contribution in [0.15, 0.2) is 0 Å². The number of hydroxylamine groups is 1. The molecule has 0 fully saturated rings. The van der Waals surface area contributed by atoms with E-state index in [1.807, 2.05) is 0 Å². The third-order valence-corrected chi connectivity index (χ3v) is 1.92. The normalized spacial score (nSPS) is 15.5. The summed E-state index contributed by atoms with van der Waals surface area (Å²) < 4.78 is 48.6. The number of carboxylic acid groups (broad SMARTS) is 1. The van der Waals surface area contributed by atoms with E-state index in [2.05, 4.69) is 4.62 Å². The molecule has 0 radical (unpaired) electrons. The molecule has 1 unspecified atom stereocenters. The number of amides is 1. The minimum Gasteiger partial charge on any atom is -0.481 e. The van der Waals surface area contributed by atoms with Gasteiger partial charge in [-0.25, -0.2) is 5.48 Å². The highest BCUT2D eigenvalue weighted by Crippen LogP contribution is 2.40. The predicted octanol–water partition coefficient (Wildman–Crippen LogP) is -0.134. The Hall–Kier alpha value is -1.12. The number of hydrogen-bond acceptors (Lipinski definition) is 4. The number of aliphatic carboxylic acids is 1. The lowest BCUT2D eigenvalue weighted by Gasteiger charge is -2.11. The van der Waals surface area contributed by atoms with Crippen LogP contribution in [-0.2, 0) is 18.8 Å². The van der Waals surface area contributed by atoms with Crippen molar-refractivity contribution in [2.24, 2.45) is 0 Å². The maximum absolute atomic E-state index is 11.5. The van der Waals surface area contributed by atoms with Gasteiger partial charge in [-0.2, -0.15) is 17.8 Å². The second-order valence-electron chi connectivity index (χ2n) is 2.21. The first-order valence-electron chi connectivity index (χ1n) is 3.14. The van der Waals surface area contributed by atoms with Crippen molar-refractivity contribution in [1.29, 1.82) is 0 Å². The summed E-state index contributed by atoms with van der Waals surface area (Å²) in [7, 11) is -4.80. The lowest BCUT2D eigenvalue weighted by atomic mass is 10.6. The molecule has 0 aromatic heterocycles. The highest BCUT2D eigenvalue weighted by molar-refractivity contribution is 7.53. The molecule has 1 amide bonds. The quantitative estimate of drug-likeness (QED) is 0.473. The average Bonchev–Trinajstić information content (AvgIpc) is 1.95. The molecule has 1 atom stereocenters. The third-order valence-electron chi connectivity index (χ3n) is 0.874. The minimum atomic E-state index is -5.29. The van der Waals surface area contributed by atoms with Gasteiger partial charge in [0.15, 0.2) is 0 Å². The Morgan fingerprint density at radius 2 is 1.87 bits per heavy atom. The number of carbonyl (C=O) groups excluding carboxylic acids is 1. The summed E-state index contributed by atoms with van der Waals surface area (Å²) >= 11 is 0. The van der Waals surface area contributed by atoms with E-state index in [1.54, 1.807) is 0 Å². The number of hydrogen-bond donors (Lipinski definition) is 3. The van der Waals surface area contributed by atoms with Gasteiger partial charge in [-0.05, 0) is 0 Å². The van der Waals surface area contributed by atoms with E-state index in [9.17, 15) is 27.3 Å². The third kappa shape index (κ3) is 6.05. The van der Waals surface area contributed by atoms with Gasteiger partial charge in [0.05, 0.1) is 0 Å². The van der Waals surface area contributed by atoms with Crippen molar-refractivity contribution in [3.63, 3.8) is 0 Å². The molecule has 0 aliphatic rings. The van der Waals surface area contributed by atoms with Crippen LogP contribution >= 0.6 is 7.60 Å². The Kier molecular flexibility index (Phi) is 4.26. The number of carboxylic acids is 1. The fraction of sp³-hybridized carbons (Fsp3) is 0.500. The van der Waals surface area contributed by atoms with Gasteiger partial charge in [-0.3, -0.25) is 14.2 Å². The zero-order valence-corrected chi connectivity index (χ0v) is 7.71. The maximum atomic E-state index is 11.5. The molecule has 7 nitrogen and oxygen atoms in total. The van der Waals surface area contributed by atoms with E-state index in [0.29, 0.717) is 5.48 Å². The van der Waals surface area contributed by atoms with E-state index in [0.717, 1.165) is 0 Å². The van der Waals surface area contributed by atoms with Crippen LogP contribution in [0.5, 0.6) is 0 Å². The molecule has 0 aromatic rings. The fourth-order valence-corrected chi connectivity index (χ4v) is 1.01. The van der Waals surface area contributed by atoms with Gasteiger partial charge in [-0.1, -0.05) is 0 Å². The van der Waals surface area contributed by atoms with E-state index >= 15 is 0 Å². The largest absolute Gasteiger partial charge is 0.481 e. The number of alkyl halides is 3. The first-order chi connectivity index (χ1) is 6.54. The van der Waals surface area contributed by atoms with Crippen molar-refractivity contribution in [3.05, 3.63) is 0 Å². The fourth-order valence-electron chi connectivity index (χ4n) is 0.374. The van der Waals surface area contributed by atoms with Crippen LogP contribution in [-0.4, -0.2) is 34.2 Å².